The van der Waals surface area contributed by atoms with E-state index < -0.39 is 0 Å². The van der Waals surface area contributed by atoms with Crippen molar-refractivity contribution in [2.24, 2.45) is 5.92 Å². The van der Waals surface area contributed by atoms with Gasteiger partial charge in [-0.2, -0.15) is 0 Å². The fourth-order valence-corrected chi connectivity index (χ4v) is 2.06. The first-order valence-electron chi connectivity index (χ1n) is 6.45. The van der Waals surface area contributed by atoms with E-state index in [0.29, 0.717) is 12.5 Å². The van der Waals surface area contributed by atoms with Gasteiger partial charge in [-0.1, -0.05) is 40.0 Å². The highest BCUT2D eigenvalue weighted by atomic mass is 16.5. The zero-order valence-electron chi connectivity index (χ0n) is 10.8. The van der Waals surface area contributed by atoms with Gasteiger partial charge in [-0.15, -0.1) is 0 Å². The summed E-state index contributed by atoms with van der Waals surface area (Å²) in [6.45, 7) is 9.22. The largest absolute Gasteiger partial charge is 0.390 e. The molecular weight excluding hydrogens is 188 g/mol. The molecular formula is C13H28O2. The summed E-state index contributed by atoms with van der Waals surface area (Å²) in [6, 6.07) is 0. The first-order valence-corrected chi connectivity index (χ1v) is 6.45. The third kappa shape index (κ3) is 6.91. The molecule has 15 heavy (non-hydrogen) atoms. The SMILES string of the molecule is CCCC(C)CC(O)C(CCC)OCC. The van der Waals surface area contributed by atoms with Gasteiger partial charge in [0, 0.05) is 6.61 Å². The minimum Gasteiger partial charge on any atom is -0.390 e. The normalized spacial score (nSPS) is 17.4. The predicted molar refractivity (Wildman–Crippen MR) is 65.0 cm³/mol. The van der Waals surface area contributed by atoms with Crippen LogP contribution < -0.4 is 0 Å². The molecule has 2 nitrogen and oxygen atoms in total. The Labute approximate surface area is 95.0 Å². The highest BCUT2D eigenvalue weighted by Crippen LogP contribution is 2.18. The van der Waals surface area contributed by atoms with E-state index in [1.165, 1.54) is 12.8 Å². The van der Waals surface area contributed by atoms with Gasteiger partial charge in [0.05, 0.1) is 12.2 Å². The lowest BCUT2D eigenvalue weighted by molar-refractivity contribution is -0.0456. The Morgan fingerprint density at radius 3 is 2.13 bits per heavy atom. The quantitative estimate of drug-likeness (QED) is 0.640. The van der Waals surface area contributed by atoms with Gasteiger partial charge >= 0.3 is 0 Å². The molecule has 0 aromatic carbocycles. The molecule has 0 aliphatic carbocycles. The van der Waals surface area contributed by atoms with Crippen LogP contribution in [0.15, 0.2) is 0 Å². The predicted octanol–water partition coefficient (Wildman–Crippen LogP) is 3.38. The molecule has 92 valence electrons. The Morgan fingerprint density at radius 1 is 1.07 bits per heavy atom. The number of rotatable bonds is 9. The van der Waals surface area contributed by atoms with E-state index in [1.54, 1.807) is 0 Å². The summed E-state index contributed by atoms with van der Waals surface area (Å²) in [5, 5.41) is 10.0. The van der Waals surface area contributed by atoms with Crippen LogP contribution in [0.1, 0.15) is 59.8 Å². The van der Waals surface area contributed by atoms with Gasteiger partial charge in [-0.3, -0.25) is 0 Å². The van der Waals surface area contributed by atoms with Crippen molar-refractivity contribution in [2.75, 3.05) is 6.61 Å². The first kappa shape index (κ1) is 14.9. The van der Waals surface area contributed by atoms with Crippen molar-refractivity contribution in [3.63, 3.8) is 0 Å². The summed E-state index contributed by atoms with van der Waals surface area (Å²) in [7, 11) is 0. The van der Waals surface area contributed by atoms with Crippen molar-refractivity contribution in [1.29, 1.82) is 0 Å². The Hall–Kier alpha value is -0.0800. The molecule has 0 radical (unpaired) electrons. The molecule has 0 bridgehead atoms. The van der Waals surface area contributed by atoms with Crippen molar-refractivity contribution < 1.29 is 9.84 Å². The molecule has 0 aliphatic rings. The summed E-state index contributed by atoms with van der Waals surface area (Å²) in [5.74, 6) is 0.602. The third-order valence-electron chi connectivity index (χ3n) is 2.81. The van der Waals surface area contributed by atoms with Crippen LogP contribution in [0.3, 0.4) is 0 Å². The maximum atomic E-state index is 10.0. The minimum absolute atomic E-state index is 0.0410. The highest BCUT2D eigenvalue weighted by Gasteiger charge is 2.20. The van der Waals surface area contributed by atoms with E-state index in [2.05, 4.69) is 20.8 Å². The lowest BCUT2D eigenvalue weighted by Crippen LogP contribution is -2.30. The Morgan fingerprint density at radius 2 is 1.67 bits per heavy atom. The van der Waals surface area contributed by atoms with Crippen LogP contribution in [0.4, 0.5) is 0 Å². The monoisotopic (exact) mass is 216 g/mol. The second-order valence-corrected chi connectivity index (χ2v) is 4.48. The maximum Gasteiger partial charge on any atom is 0.0833 e. The topological polar surface area (TPSA) is 29.5 Å². The van der Waals surface area contributed by atoms with E-state index >= 15 is 0 Å². The second-order valence-electron chi connectivity index (χ2n) is 4.48. The summed E-state index contributed by atoms with van der Waals surface area (Å²) in [4.78, 5) is 0. The third-order valence-corrected chi connectivity index (χ3v) is 2.81. The van der Waals surface area contributed by atoms with E-state index in [-0.39, 0.29) is 12.2 Å². The van der Waals surface area contributed by atoms with E-state index in [1.807, 2.05) is 6.92 Å². The highest BCUT2D eigenvalue weighted by molar-refractivity contribution is 4.71. The summed E-state index contributed by atoms with van der Waals surface area (Å²) < 4.78 is 5.57. The molecule has 3 atom stereocenters. The van der Waals surface area contributed by atoms with Crippen molar-refractivity contribution >= 4 is 0 Å². The van der Waals surface area contributed by atoms with E-state index in [4.69, 9.17) is 4.74 Å². The van der Waals surface area contributed by atoms with Crippen molar-refractivity contribution in [3.8, 4) is 0 Å². The Kier molecular flexibility index (Phi) is 9.12. The molecule has 0 aliphatic heterocycles. The molecule has 0 aromatic heterocycles. The molecule has 3 unspecified atom stereocenters. The standard InChI is InChI=1S/C13H28O2/c1-5-8-11(4)10-12(14)13(9-6-2)15-7-3/h11-14H,5-10H2,1-4H3. The summed E-state index contributed by atoms with van der Waals surface area (Å²) in [5.41, 5.74) is 0. The lowest BCUT2D eigenvalue weighted by atomic mass is 9.94. The van der Waals surface area contributed by atoms with Crippen molar-refractivity contribution in [3.05, 3.63) is 0 Å². The first-order chi connectivity index (χ1) is 7.15. The molecule has 0 saturated carbocycles. The van der Waals surface area contributed by atoms with Crippen molar-refractivity contribution in [2.45, 2.75) is 72.0 Å². The number of ether oxygens (including phenoxy) is 1. The average molecular weight is 216 g/mol. The van der Waals surface area contributed by atoms with Gasteiger partial charge in [-0.25, -0.2) is 0 Å². The Balaban J connectivity index is 3.93. The molecule has 2 heteroatoms. The van der Waals surface area contributed by atoms with Gasteiger partial charge in [-0.05, 0) is 25.7 Å². The Bertz CT molecular complexity index is 130. The van der Waals surface area contributed by atoms with Crippen LogP contribution in [0.25, 0.3) is 0 Å². The average Bonchev–Trinajstić information content (AvgIpc) is 2.17. The van der Waals surface area contributed by atoms with Gasteiger partial charge in [0.15, 0.2) is 0 Å². The van der Waals surface area contributed by atoms with Gasteiger partial charge in [0.25, 0.3) is 0 Å². The molecule has 0 saturated heterocycles. The lowest BCUT2D eigenvalue weighted by Gasteiger charge is -2.24. The molecule has 0 aromatic rings. The van der Waals surface area contributed by atoms with Gasteiger partial charge in [0.1, 0.15) is 0 Å². The smallest absolute Gasteiger partial charge is 0.0833 e. The molecule has 0 fully saturated rings. The zero-order chi connectivity index (χ0) is 11.7. The van der Waals surface area contributed by atoms with Gasteiger partial charge in [0.2, 0.25) is 0 Å². The van der Waals surface area contributed by atoms with Crippen LogP contribution in [0.5, 0.6) is 0 Å². The number of hydrogen-bond acceptors (Lipinski definition) is 2. The van der Waals surface area contributed by atoms with Gasteiger partial charge < -0.3 is 9.84 Å². The van der Waals surface area contributed by atoms with Crippen LogP contribution in [0.2, 0.25) is 0 Å². The minimum atomic E-state index is -0.286. The fraction of sp³-hybridized carbons (Fsp3) is 1.00. The number of aliphatic hydroxyl groups excluding tert-OH is 1. The van der Waals surface area contributed by atoms with Crippen LogP contribution in [-0.4, -0.2) is 23.9 Å². The maximum absolute atomic E-state index is 10.0. The molecule has 0 amide bonds. The molecule has 0 spiro atoms. The fourth-order valence-electron chi connectivity index (χ4n) is 2.06. The molecule has 0 heterocycles. The molecule has 0 rings (SSSR count). The van der Waals surface area contributed by atoms with Crippen LogP contribution >= 0.6 is 0 Å². The van der Waals surface area contributed by atoms with Crippen molar-refractivity contribution in [1.82, 2.24) is 0 Å². The zero-order valence-corrected chi connectivity index (χ0v) is 10.8. The summed E-state index contributed by atoms with van der Waals surface area (Å²) >= 11 is 0. The van der Waals surface area contributed by atoms with E-state index in [9.17, 15) is 5.11 Å². The number of hydrogen-bond donors (Lipinski definition) is 1. The van der Waals surface area contributed by atoms with Crippen LogP contribution in [0, 0.1) is 5.92 Å². The molecule has 1 N–H and O–H groups in total. The second kappa shape index (κ2) is 9.17. The van der Waals surface area contributed by atoms with E-state index in [0.717, 1.165) is 19.3 Å². The number of aliphatic hydroxyl groups is 1. The van der Waals surface area contributed by atoms with Crippen LogP contribution in [-0.2, 0) is 4.74 Å². The summed E-state index contributed by atoms with van der Waals surface area (Å²) in [6.07, 6.45) is 5.06.